The quantitative estimate of drug-likeness (QED) is 0.798. The van der Waals surface area contributed by atoms with E-state index in [9.17, 15) is 8.42 Å². The van der Waals surface area contributed by atoms with Gasteiger partial charge in [-0.3, -0.25) is 0 Å². The molecule has 0 fully saturated rings. The van der Waals surface area contributed by atoms with Crippen LogP contribution in [0, 0.1) is 34.6 Å². The van der Waals surface area contributed by atoms with E-state index in [-0.39, 0.29) is 0 Å². The summed E-state index contributed by atoms with van der Waals surface area (Å²) >= 11 is 0. The van der Waals surface area contributed by atoms with E-state index < -0.39 is 16.1 Å². The molecule has 27 heavy (non-hydrogen) atoms. The van der Waals surface area contributed by atoms with E-state index in [0.717, 1.165) is 33.4 Å². The molecule has 0 aliphatic carbocycles. The highest BCUT2D eigenvalue weighted by atomic mass is 32.2. The molecular weight excluding hydrogens is 362 g/mol. The van der Waals surface area contributed by atoms with Gasteiger partial charge in [0, 0.05) is 6.04 Å². The summed E-state index contributed by atoms with van der Waals surface area (Å²) in [5, 5.41) is 0. The zero-order valence-electron chi connectivity index (χ0n) is 17.4. The van der Waals surface area contributed by atoms with Crippen molar-refractivity contribution in [1.82, 2.24) is 4.72 Å². The zero-order chi connectivity index (χ0) is 20.5. The topological polar surface area (TPSA) is 64.6 Å². The van der Waals surface area contributed by atoms with Crippen molar-refractivity contribution in [2.24, 2.45) is 0 Å². The molecule has 0 amide bonds. The number of hydrogen-bond donors (Lipinski definition) is 1. The highest BCUT2D eigenvalue weighted by Crippen LogP contribution is 2.32. The van der Waals surface area contributed by atoms with Gasteiger partial charge in [0.05, 0.1) is 19.1 Å². The molecule has 0 aliphatic rings. The second-order valence-corrected chi connectivity index (χ2v) is 8.56. The van der Waals surface area contributed by atoms with Crippen LogP contribution < -0.4 is 14.2 Å². The van der Waals surface area contributed by atoms with E-state index in [1.54, 1.807) is 26.4 Å². The predicted octanol–water partition coefficient (Wildman–Crippen LogP) is 4.29. The molecule has 0 bridgehead atoms. The molecule has 0 heterocycles. The zero-order valence-corrected chi connectivity index (χ0v) is 18.2. The molecule has 1 atom stereocenters. The van der Waals surface area contributed by atoms with E-state index in [2.05, 4.69) is 4.72 Å². The van der Waals surface area contributed by atoms with Crippen molar-refractivity contribution in [3.05, 3.63) is 51.6 Å². The Labute approximate surface area is 162 Å². The number of methoxy groups -OCH3 is 2. The minimum absolute atomic E-state index is 0.371. The second-order valence-electron chi connectivity index (χ2n) is 6.91. The third-order valence-corrected chi connectivity index (χ3v) is 7.25. The van der Waals surface area contributed by atoms with Gasteiger partial charge >= 0.3 is 0 Å². The molecule has 6 heteroatoms. The fourth-order valence-electron chi connectivity index (χ4n) is 3.35. The molecule has 0 aromatic heterocycles. The lowest BCUT2D eigenvalue weighted by Crippen LogP contribution is -2.28. The highest BCUT2D eigenvalue weighted by molar-refractivity contribution is 7.89. The number of hydrogen-bond acceptors (Lipinski definition) is 4. The molecular formula is C21H29NO4S. The Bertz CT molecular complexity index is 936. The molecule has 1 unspecified atom stereocenters. The molecule has 1 N–H and O–H groups in total. The average molecular weight is 392 g/mol. The van der Waals surface area contributed by atoms with Crippen LogP contribution in [0.15, 0.2) is 23.1 Å². The normalized spacial score (nSPS) is 12.7. The SMILES string of the molecule is COc1ccc(C(C)NS(=O)(=O)c2c(C)c(C)c(C)c(C)c2C)cc1OC. The standard InChI is InChI=1S/C21H29NO4S/c1-12-13(2)15(4)21(16(5)14(12)3)27(23,24)22-17(6)18-9-10-19(25-7)20(11-18)26-8/h9-11,17,22H,1-8H3. The molecule has 2 aromatic carbocycles. The Morgan fingerprint density at radius 3 is 1.78 bits per heavy atom. The van der Waals surface area contributed by atoms with Crippen molar-refractivity contribution in [2.75, 3.05) is 14.2 Å². The van der Waals surface area contributed by atoms with Crippen LogP contribution in [-0.4, -0.2) is 22.6 Å². The van der Waals surface area contributed by atoms with Crippen LogP contribution >= 0.6 is 0 Å². The van der Waals surface area contributed by atoms with Crippen LogP contribution in [0.4, 0.5) is 0 Å². The van der Waals surface area contributed by atoms with Gasteiger partial charge in [-0.1, -0.05) is 6.07 Å². The monoisotopic (exact) mass is 391 g/mol. The first kappa shape index (κ1) is 21.3. The summed E-state index contributed by atoms with van der Waals surface area (Å²) in [5.41, 5.74) is 5.55. The van der Waals surface area contributed by atoms with Crippen molar-refractivity contribution in [2.45, 2.75) is 52.5 Å². The van der Waals surface area contributed by atoms with Crippen molar-refractivity contribution >= 4 is 10.0 Å². The largest absolute Gasteiger partial charge is 0.493 e. The molecule has 0 saturated heterocycles. The lowest BCUT2D eigenvalue weighted by Gasteiger charge is -2.21. The minimum atomic E-state index is -3.69. The maximum Gasteiger partial charge on any atom is 0.241 e. The lowest BCUT2D eigenvalue weighted by atomic mass is 9.95. The summed E-state index contributed by atoms with van der Waals surface area (Å²) in [5.74, 6) is 1.17. The fourth-order valence-corrected chi connectivity index (χ4v) is 5.18. The molecule has 2 rings (SSSR count). The predicted molar refractivity (Wildman–Crippen MR) is 108 cm³/mol. The third kappa shape index (κ3) is 3.96. The fraction of sp³-hybridized carbons (Fsp3) is 0.429. The third-order valence-electron chi connectivity index (χ3n) is 5.44. The molecule has 148 valence electrons. The Morgan fingerprint density at radius 2 is 1.30 bits per heavy atom. The Hall–Kier alpha value is -2.05. The maximum atomic E-state index is 13.2. The van der Waals surface area contributed by atoms with Gasteiger partial charge in [-0.15, -0.1) is 0 Å². The first-order chi connectivity index (χ1) is 12.5. The summed E-state index contributed by atoms with van der Waals surface area (Å²) in [6, 6.07) is 4.97. The van der Waals surface area contributed by atoms with Crippen LogP contribution in [-0.2, 0) is 10.0 Å². The van der Waals surface area contributed by atoms with Crippen LogP contribution in [0.5, 0.6) is 11.5 Å². The van der Waals surface area contributed by atoms with E-state index in [1.807, 2.05) is 47.6 Å². The van der Waals surface area contributed by atoms with Gasteiger partial charge in [0.1, 0.15) is 0 Å². The van der Waals surface area contributed by atoms with Gasteiger partial charge in [-0.25, -0.2) is 13.1 Å². The Kier molecular flexibility index (Phi) is 6.22. The number of rotatable bonds is 6. The van der Waals surface area contributed by atoms with E-state index >= 15 is 0 Å². The molecule has 0 aliphatic heterocycles. The summed E-state index contributed by atoms with van der Waals surface area (Å²) in [6.45, 7) is 11.5. The smallest absolute Gasteiger partial charge is 0.241 e. The van der Waals surface area contributed by atoms with Crippen molar-refractivity contribution < 1.29 is 17.9 Å². The summed E-state index contributed by atoms with van der Waals surface area (Å²) < 4.78 is 39.7. The maximum absolute atomic E-state index is 13.2. The van der Waals surface area contributed by atoms with E-state index in [1.165, 1.54) is 0 Å². The molecule has 0 spiro atoms. The number of benzene rings is 2. The average Bonchev–Trinajstić information content (AvgIpc) is 2.63. The second kappa shape index (κ2) is 7.90. The Morgan fingerprint density at radius 1 is 0.815 bits per heavy atom. The van der Waals surface area contributed by atoms with Gasteiger partial charge in [-0.2, -0.15) is 0 Å². The van der Waals surface area contributed by atoms with Gasteiger partial charge in [0.15, 0.2) is 11.5 Å². The number of ether oxygens (including phenoxy) is 2. The van der Waals surface area contributed by atoms with Crippen molar-refractivity contribution in [1.29, 1.82) is 0 Å². The summed E-state index contributed by atoms with van der Waals surface area (Å²) in [6.07, 6.45) is 0. The Balaban J connectivity index is 2.46. The van der Waals surface area contributed by atoms with Crippen LogP contribution in [0.3, 0.4) is 0 Å². The number of nitrogens with one attached hydrogen (secondary N) is 1. The van der Waals surface area contributed by atoms with E-state index in [4.69, 9.17) is 9.47 Å². The van der Waals surface area contributed by atoms with Crippen LogP contribution in [0.2, 0.25) is 0 Å². The first-order valence-corrected chi connectivity index (χ1v) is 10.3. The van der Waals surface area contributed by atoms with Crippen molar-refractivity contribution in [3.8, 4) is 11.5 Å². The molecule has 5 nitrogen and oxygen atoms in total. The van der Waals surface area contributed by atoms with Gasteiger partial charge in [0.25, 0.3) is 0 Å². The number of sulfonamides is 1. The molecule has 2 aromatic rings. The van der Waals surface area contributed by atoms with Gasteiger partial charge in [0.2, 0.25) is 10.0 Å². The van der Waals surface area contributed by atoms with Gasteiger partial charge in [-0.05, 0) is 87.1 Å². The molecule has 0 saturated carbocycles. The van der Waals surface area contributed by atoms with Crippen LogP contribution in [0.25, 0.3) is 0 Å². The summed E-state index contributed by atoms with van der Waals surface area (Å²) in [7, 11) is -0.565. The first-order valence-electron chi connectivity index (χ1n) is 8.86. The summed E-state index contributed by atoms with van der Waals surface area (Å²) in [4.78, 5) is 0.371. The lowest BCUT2D eigenvalue weighted by molar-refractivity contribution is 0.354. The van der Waals surface area contributed by atoms with Gasteiger partial charge < -0.3 is 9.47 Å². The highest BCUT2D eigenvalue weighted by Gasteiger charge is 2.26. The van der Waals surface area contributed by atoms with E-state index in [0.29, 0.717) is 16.4 Å². The molecule has 0 radical (unpaired) electrons. The minimum Gasteiger partial charge on any atom is -0.493 e. The van der Waals surface area contributed by atoms with Crippen LogP contribution in [0.1, 0.15) is 46.3 Å². The van der Waals surface area contributed by atoms with Crippen molar-refractivity contribution in [3.63, 3.8) is 0 Å².